The van der Waals surface area contributed by atoms with Gasteiger partial charge >= 0.3 is 0 Å². The summed E-state index contributed by atoms with van der Waals surface area (Å²) in [4.78, 5) is 2.97. The first-order valence-electron chi connectivity index (χ1n) is 9.64. The third kappa shape index (κ3) is 3.32. The molecule has 3 unspecified atom stereocenters. The van der Waals surface area contributed by atoms with Crippen LogP contribution < -0.4 is 5.32 Å². The average molecular weight is 293 g/mol. The first kappa shape index (κ1) is 15.8. The maximum absolute atomic E-state index is 3.98. The molecular formula is C19H36N2. The normalized spacial score (nSPS) is 37.4. The molecule has 2 aliphatic carbocycles. The van der Waals surface area contributed by atoms with Crippen molar-refractivity contribution in [3.63, 3.8) is 0 Å². The summed E-state index contributed by atoms with van der Waals surface area (Å²) >= 11 is 0. The standard InChI is InChI=1S/C19H36N2/c1-4-16-8-7-9-17(12-16)21-14-19(10-5-6-11-19)20-13-18(21)15(2)3/h15-18,20H,4-14H2,1-3H3. The van der Waals surface area contributed by atoms with Gasteiger partial charge in [0, 0.05) is 30.7 Å². The van der Waals surface area contributed by atoms with Crippen molar-refractivity contribution in [3.05, 3.63) is 0 Å². The van der Waals surface area contributed by atoms with E-state index in [4.69, 9.17) is 0 Å². The van der Waals surface area contributed by atoms with Crippen LogP contribution in [0.4, 0.5) is 0 Å². The van der Waals surface area contributed by atoms with Crippen LogP contribution in [0.5, 0.6) is 0 Å². The Balaban J connectivity index is 1.73. The SMILES string of the molecule is CCC1CCCC(N2CC3(CCCC3)NCC2C(C)C)C1. The van der Waals surface area contributed by atoms with Crippen molar-refractivity contribution < 1.29 is 0 Å². The number of hydrogen-bond acceptors (Lipinski definition) is 2. The van der Waals surface area contributed by atoms with Crippen molar-refractivity contribution in [1.82, 2.24) is 10.2 Å². The van der Waals surface area contributed by atoms with Crippen molar-refractivity contribution in [3.8, 4) is 0 Å². The molecule has 3 aliphatic rings. The highest BCUT2D eigenvalue weighted by Crippen LogP contribution is 2.38. The molecule has 122 valence electrons. The van der Waals surface area contributed by atoms with E-state index < -0.39 is 0 Å². The molecule has 0 aromatic heterocycles. The van der Waals surface area contributed by atoms with E-state index in [1.807, 2.05) is 0 Å². The van der Waals surface area contributed by atoms with Gasteiger partial charge in [0.15, 0.2) is 0 Å². The molecule has 2 saturated carbocycles. The molecule has 0 aromatic carbocycles. The Hall–Kier alpha value is -0.0800. The van der Waals surface area contributed by atoms with Crippen LogP contribution in [-0.2, 0) is 0 Å². The summed E-state index contributed by atoms with van der Waals surface area (Å²) < 4.78 is 0. The minimum Gasteiger partial charge on any atom is -0.308 e. The highest BCUT2D eigenvalue weighted by Gasteiger charge is 2.44. The maximum atomic E-state index is 3.98. The zero-order valence-electron chi connectivity index (χ0n) is 14.5. The zero-order valence-corrected chi connectivity index (χ0v) is 14.5. The summed E-state index contributed by atoms with van der Waals surface area (Å²) in [6, 6.07) is 1.63. The quantitative estimate of drug-likeness (QED) is 0.839. The fourth-order valence-corrected chi connectivity index (χ4v) is 5.30. The summed E-state index contributed by atoms with van der Waals surface area (Å²) in [7, 11) is 0. The maximum Gasteiger partial charge on any atom is 0.0309 e. The summed E-state index contributed by atoms with van der Waals surface area (Å²) in [5.74, 6) is 1.77. The molecule has 2 nitrogen and oxygen atoms in total. The van der Waals surface area contributed by atoms with E-state index in [2.05, 4.69) is 31.0 Å². The highest BCUT2D eigenvalue weighted by atomic mass is 15.3. The van der Waals surface area contributed by atoms with Crippen LogP contribution in [0.3, 0.4) is 0 Å². The lowest BCUT2D eigenvalue weighted by molar-refractivity contribution is 0.00100. The van der Waals surface area contributed by atoms with Crippen LogP contribution in [-0.4, -0.2) is 35.6 Å². The molecule has 0 aromatic rings. The Morgan fingerprint density at radius 2 is 1.90 bits per heavy atom. The molecule has 0 bridgehead atoms. The van der Waals surface area contributed by atoms with Gasteiger partial charge in [0.25, 0.3) is 0 Å². The lowest BCUT2D eigenvalue weighted by Crippen LogP contribution is -2.66. The van der Waals surface area contributed by atoms with Crippen molar-refractivity contribution >= 4 is 0 Å². The number of nitrogens with one attached hydrogen (secondary N) is 1. The van der Waals surface area contributed by atoms with Crippen LogP contribution in [0.2, 0.25) is 0 Å². The number of rotatable bonds is 3. The Morgan fingerprint density at radius 3 is 2.57 bits per heavy atom. The molecule has 2 heteroatoms. The molecule has 1 heterocycles. The molecule has 1 spiro atoms. The van der Waals surface area contributed by atoms with Gasteiger partial charge in [-0.15, -0.1) is 0 Å². The Labute approximate surface area is 132 Å². The summed E-state index contributed by atoms with van der Waals surface area (Å²) in [5, 5.41) is 3.98. The van der Waals surface area contributed by atoms with E-state index in [1.54, 1.807) is 0 Å². The van der Waals surface area contributed by atoms with Crippen molar-refractivity contribution in [2.45, 2.75) is 96.2 Å². The Kier molecular flexibility index (Phi) is 4.95. The average Bonchev–Trinajstić information content (AvgIpc) is 2.95. The predicted octanol–water partition coefficient (Wildman–Crippen LogP) is 4.20. The van der Waals surface area contributed by atoms with E-state index >= 15 is 0 Å². The lowest BCUT2D eigenvalue weighted by Gasteiger charge is -2.52. The van der Waals surface area contributed by atoms with Crippen LogP contribution in [0, 0.1) is 11.8 Å². The minimum absolute atomic E-state index is 0.477. The Morgan fingerprint density at radius 1 is 1.14 bits per heavy atom. The second-order valence-electron chi connectivity index (χ2n) is 8.45. The number of nitrogens with zero attached hydrogens (tertiary/aromatic N) is 1. The van der Waals surface area contributed by atoms with Crippen molar-refractivity contribution in [1.29, 1.82) is 0 Å². The lowest BCUT2D eigenvalue weighted by atomic mass is 9.80. The second-order valence-corrected chi connectivity index (χ2v) is 8.45. The number of piperazine rings is 1. The molecule has 0 radical (unpaired) electrons. The molecular weight excluding hydrogens is 256 g/mol. The molecule has 1 N–H and O–H groups in total. The van der Waals surface area contributed by atoms with Gasteiger partial charge in [-0.05, 0) is 37.5 Å². The molecule has 3 atom stereocenters. The van der Waals surface area contributed by atoms with Crippen molar-refractivity contribution in [2.24, 2.45) is 11.8 Å². The van der Waals surface area contributed by atoms with Gasteiger partial charge in [-0.25, -0.2) is 0 Å². The van der Waals surface area contributed by atoms with Crippen LogP contribution in [0.15, 0.2) is 0 Å². The smallest absolute Gasteiger partial charge is 0.0309 e. The molecule has 0 amide bonds. The number of hydrogen-bond donors (Lipinski definition) is 1. The van der Waals surface area contributed by atoms with Gasteiger partial charge in [0.1, 0.15) is 0 Å². The fourth-order valence-electron chi connectivity index (χ4n) is 5.30. The van der Waals surface area contributed by atoms with Gasteiger partial charge in [0.2, 0.25) is 0 Å². The van der Waals surface area contributed by atoms with Crippen LogP contribution in [0.25, 0.3) is 0 Å². The predicted molar refractivity (Wildman–Crippen MR) is 90.6 cm³/mol. The van der Waals surface area contributed by atoms with Gasteiger partial charge in [-0.3, -0.25) is 4.90 Å². The van der Waals surface area contributed by atoms with Crippen LogP contribution in [0.1, 0.15) is 78.6 Å². The monoisotopic (exact) mass is 292 g/mol. The van der Waals surface area contributed by atoms with Gasteiger partial charge in [0.05, 0.1) is 0 Å². The van der Waals surface area contributed by atoms with Gasteiger partial charge in [-0.2, -0.15) is 0 Å². The summed E-state index contributed by atoms with van der Waals surface area (Å²) in [5.41, 5.74) is 0.477. The van der Waals surface area contributed by atoms with Crippen molar-refractivity contribution in [2.75, 3.05) is 13.1 Å². The van der Waals surface area contributed by atoms with E-state index in [0.29, 0.717) is 5.54 Å². The second kappa shape index (κ2) is 6.58. The topological polar surface area (TPSA) is 15.3 Å². The molecule has 21 heavy (non-hydrogen) atoms. The molecule has 1 aliphatic heterocycles. The van der Waals surface area contributed by atoms with Crippen LogP contribution >= 0.6 is 0 Å². The summed E-state index contributed by atoms with van der Waals surface area (Å²) in [6.45, 7) is 9.79. The molecule has 3 fully saturated rings. The van der Waals surface area contributed by atoms with Gasteiger partial charge in [-0.1, -0.05) is 52.9 Å². The molecule has 3 rings (SSSR count). The first-order chi connectivity index (χ1) is 10.1. The van der Waals surface area contributed by atoms with E-state index in [1.165, 1.54) is 70.9 Å². The fraction of sp³-hybridized carbons (Fsp3) is 1.00. The third-order valence-corrected chi connectivity index (χ3v) is 6.73. The van der Waals surface area contributed by atoms with E-state index in [9.17, 15) is 0 Å². The van der Waals surface area contributed by atoms with Gasteiger partial charge < -0.3 is 5.32 Å². The first-order valence-corrected chi connectivity index (χ1v) is 9.64. The van der Waals surface area contributed by atoms with E-state index in [0.717, 1.165) is 23.9 Å². The third-order valence-electron chi connectivity index (χ3n) is 6.73. The van der Waals surface area contributed by atoms with E-state index in [-0.39, 0.29) is 0 Å². The zero-order chi connectivity index (χ0) is 14.9. The molecule has 1 saturated heterocycles. The Bertz CT molecular complexity index is 332. The minimum atomic E-state index is 0.477. The highest BCUT2D eigenvalue weighted by molar-refractivity contribution is 5.03. The largest absolute Gasteiger partial charge is 0.308 e. The summed E-state index contributed by atoms with van der Waals surface area (Å²) in [6.07, 6.45) is 13.0.